The molecule has 7 nitrogen and oxygen atoms in total. The molecule has 1 aliphatic heterocycles. The molecule has 1 amide bonds. The normalized spacial score (nSPS) is 16.3. The first-order valence-electron chi connectivity index (χ1n) is 15.5. The number of rotatable bonds is 16. The van der Waals surface area contributed by atoms with Gasteiger partial charge in [0.05, 0.1) is 17.4 Å². The molecule has 3 aromatic rings. The van der Waals surface area contributed by atoms with E-state index in [0.29, 0.717) is 44.0 Å². The molecule has 43 heavy (non-hydrogen) atoms. The predicted octanol–water partition coefficient (Wildman–Crippen LogP) is 6.54. The van der Waals surface area contributed by atoms with Crippen LogP contribution in [-0.4, -0.2) is 58.9 Å². The molecule has 1 aliphatic rings. The Balaban J connectivity index is 1.32. The van der Waals surface area contributed by atoms with Crippen LogP contribution in [0.3, 0.4) is 0 Å². The molecule has 0 saturated carbocycles. The van der Waals surface area contributed by atoms with E-state index in [1.807, 2.05) is 30.3 Å². The summed E-state index contributed by atoms with van der Waals surface area (Å²) < 4.78 is 24.5. The molecule has 2 unspecified atom stereocenters. The van der Waals surface area contributed by atoms with Crippen LogP contribution in [0, 0.1) is 0 Å². The highest BCUT2D eigenvalue weighted by atomic mass is 32.2. The second-order valence-corrected chi connectivity index (χ2v) is 12.8. The average Bonchev–Trinajstić information content (AvgIpc) is 3.06. The molecule has 3 aromatic carbocycles. The van der Waals surface area contributed by atoms with E-state index < -0.39 is 21.8 Å². The summed E-state index contributed by atoms with van der Waals surface area (Å²) in [5, 5.41) is 0. The third kappa shape index (κ3) is 9.22. The van der Waals surface area contributed by atoms with Gasteiger partial charge in [-0.25, -0.2) is 10.3 Å². The molecular formula is C35H46N2O5S. The van der Waals surface area contributed by atoms with E-state index >= 15 is 0 Å². The van der Waals surface area contributed by atoms with Crippen molar-refractivity contribution in [3.63, 3.8) is 0 Å². The maximum absolute atomic E-state index is 14.0. The molecule has 0 spiro atoms. The van der Waals surface area contributed by atoms with Crippen LogP contribution < -0.4 is 10.2 Å². The lowest BCUT2D eigenvalue weighted by atomic mass is 9.95. The summed E-state index contributed by atoms with van der Waals surface area (Å²) in [5.41, 5.74) is 6.29. The van der Waals surface area contributed by atoms with Crippen molar-refractivity contribution < 1.29 is 23.3 Å². The van der Waals surface area contributed by atoms with Gasteiger partial charge in [-0.15, -0.1) is 0 Å². The van der Waals surface area contributed by atoms with Crippen LogP contribution in [-0.2, 0) is 31.6 Å². The average molecular weight is 607 g/mol. The minimum atomic E-state index is -1.57. The molecule has 1 N–H and O–H groups in total. The largest absolute Gasteiger partial charge is 0.494 e. The van der Waals surface area contributed by atoms with Crippen molar-refractivity contribution in [2.75, 3.05) is 32.8 Å². The van der Waals surface area contributed by atoms with Gasteiger partial charge in [0.1, 0.15) is 10.5 Å². The van der Waals surface area contributed by atoms with Gasteiger partial charge in [-0.2, -0.15) is 0 Å². The van der Waals surface area contributed by atoms with Crippen molar-refractivity contribution in [1.82, 2.24) is 10.4 Å². The van der Waals surface area contributed by atoms with E-state index in [4.69, 9.17) is 14.3 Å². The monoisotopic (exact) mass is 606 g/mol. The van der Waals surface area contributed by atoms with Crippen molar-refractivity contribution in [3.8, 4) is 16.9 Å². The highest BCUT2D eigenvalue weighted by Gasteiger charge is 2.47. The van der Waals surface area contributed by atoms with Crippen molar-refractivity contribution in [2.24, 2.45) is 0 Å². The van der Waals surface area contributed by atoms with Gasteiger partial charge in [-0.05, 0) is 86.5 Å². The SMILES string of the molecule is CCCCOC(C)ONC(=O)C1(S(=O)c2ccc(OCCCc3cccc(-c4ccccc4)c3)cc2)CCN(CC)CC1. The Kier molecular flexibility index (Phi) is 12.8. The third-order valence-electron chi connectivity index (χ3n) is 8.00. The second kappa shape index (κ2) is 16.7. The van der Waals surface area contributed by atoms with Crippen LogP contribution >= 0.6 is 0 Å². The molecule has 0 aliphatic carbocycles. The molecule has 4 rings (SSSR count). The highest BCUT2D eigenvalue weighted by molar-refractivity contribution is 7.87. The van der Waals surface area contributed by atoms with Gasteiger partial charge in [-0.3, -0.25) is 9.00 Å². The van der Waals surface area contributed by atoms with E-state index in [-0.39, 0.29) is 5.91 Å². The lowest BCUT2D eigenvalue weighted by Crippen LogP contribution is -2.56. The molecule has 1 heterocycles. The van der Waals surface area contributed by atoms with Gasteiger partial charge in [-0.1, -0.05) is 74.9 Å². The molecule has 1 fully saturated rings. The van der Waals surface area contributed by atoms with Crippen LogP contribution in [0.15, 0.2) is 83.8 Å². The fraction of sp³-hybridized carbons (Fsp3) is 0.457. The fourth-order valence-corrected chi connectivity index (χ4v) is 6.87. The first-order valence-corrected chi connectivity index (χ1v) is 16.7. The van der Waals surface area contributed by atoms with Gasteiger partial charge < -0.3 is 14.4 Å². The predicted molar refractivity (Wildman–Crippen MR) is 172 cm³/mol. The lowest BCUT2D eigenvalue weighted by Gasteiger charge is -2.39. The van der Waals surface area contributed by atoms with Gasteiger partial charge in [0.25, 0.3) is 5.91 Å². The Labute approximate surface area is 259 Å². The minimum absolute atomic E-state index is 0.357. The third-order valence-corrected chi connectivity index (χ3v) is 10.0. The lowest BCUT2D eigenvalue weighted by molar-refractivity contribution is -0.182. The Morgan fingerprint density at radius 1 is 0.930 bits per heavy atom. The van der Waals surface area contributed by atoms with Crippen LogP contribution in [0.4, 0.5) is 0 Å². The Morgan fingerprint density at radius 2 is 1.65 bits per heavy atom. The number of benzene rings is 3. The summed E-state index contributed by atoms with van der Waals surface area (Å²) in [6, 6.07) is 26.3. The second-order valence-electron chi connectivity index (χ2n) is 11.0. The van der Waals surface area contributed by atoms with E-state index in [2.05, 4.69) is 72.8 Å². The number of likely N-dealkylation sites (tertiary alicyclic amines) is 1. The molecule has 0 aromatic heterocycles. The molecule has 2 atom stereocenters. The van der Waals surface area contributed by atoms with Crippen molar-refractivity contribution in [2.45, 2.75) is 75.2 Å². The summed E-state index contributed by atoms with van der Waals surface area (Å²) in [6.45, 7) is 9.38. The summed E-state index contributed by atoms with van der Waals surface area (Å²) in [5.74, 6) is 0.365. The molecule has 8 heteroatoms. The zero-order valence-corrected chi connectivity index (χ0v) is 26.6. The minimum Gasteiger partial charge on any atom is -0.494 e. The highest BCUT2D eigenvalue weighted by Crippen LogP contribution is 2.34. The zero-order chi connectivity index (χ0) is 30.5. The number of piperidine rings is 1. The number of aryl methyl sites for hydroxylation is 1. The van der Waals surface area contributed by atoms with Crippen molar-refractivity contribution in [3.05, 3.63) is 84.4 Å². The van der Waals surface area contributed by atoms with Crippen LogP contribution in [0.25, 0.3) is 11.1 Å². The van der Waals surface area contributed by atoms with E-state index in [0.717, 1.165) is 38.0 Å². The molecular weight excluding hydrogens is 560 g/mol. The topological polar surface area (TPSA) is 77.1 Å². The maximum Gasteiger partial charge on any atom is 0.262 e. The number of ether oxygens (including phenoxy) is 2. The van der Waals surface area contributed by atoms with Gasteiger partial charge in [0, 0.05) is 24.6 Å². The van der Waals surface area contributed by atoms with Crippen LogP contribution in [0.5, 0.6) is 5.75 Å². The van der Waals surface area contributed by atoms with Gasteiger partial charge >= 0.3 is 0 Å². The number of nitrogens with one attached hydrogen (secondary N) is 1. The molecule has 0 radical (unpaired) electrons. The van der Waals surface area contributed by atoms with Crippen molar-refractivity contribution in [1.29, 1.82) is 0 Å². The molecule has 1 saturated heterocycles. The first-order chi connectivity index (χ1) is 20.9. The van der Waals surface area contributed by atoms with Crippen LogP contribution in [0.1, 0.15) is 58.4 Å². The summed E-state index contributed by atoms with van der Waals surface area (Å²) >= 11 is 0. The smallest absolute Gasteiger partial charge is 0.262 e. The number of carbonyl (C=O) groups excluding carboxylic acids is 1. The standard InChI is InChI=1S/C35H46N2O5S/c1-4-6-25-40-28(3)42-36-34(38)35(21-23-37(5-2)24-22-35)43(39)33-19-17-32(18-20-33)41-26-11-13-29-12-10-16-31(27-29)30-14-8-7-9-15-30/h7-10,12,14-20,27-28H,4-6,11,13,21-26H2,1-3H3,(H,36,38). The van der Waals surface area contributed by atoms with E-state index in [9.17, 15) is 9.00 Å². The van der Waals surface area contributed by atoms with Crippen LogP contribution in [0.2, 0.25) is 0 Å². The number of nitrogens with zero attached hydrogens (tertiary/aromatic N) is 1. The number of hydrogen-bond donors (Lipinski definition) is 1. The number of hydroxylamine groups is 1. The van der Waals surface area contributed by atoms with Gasteiger partial charge in [0.2, 0.25) is 0 Å². The molecule has 0 bridgehead atoms. The quantitative estimate of drug-likeness (QED) is 0.113. The number of unbranched alkanes of at least 4 members (excludes halogenated alkanes) is 1. The van der Waals surface area contributed by atoms with Crippen molar-refractivity contribution >= 4 is 16.7 Å². The first kappa shape index (κ1) is 32.9. The van der Waals surface area contributed by atoms with E-state index in [1.165, 1.54) is 16.7 Å². The summed E-state index contributed by atoms with van der Waals surface area (Å²) in [4.78, 5) is 21.9. The number of amides is 1. The maximum atomic E-state index is 14.0. The summed E-state index contributed by atoms with van der Waals surface area (Å²) in [7, 11) is -1.57. The van der Waals surface area contributed by atoms with Gasteiger partial charge in [0.15, 0.2) is 6.29 Å². The Bertz CT molecular complexity index is 1290. The zero-order valence-electron chi connectivity index (χ0n) is 25.8. The Morgan fingerprint density at radius 3 is 2.35 bits per heavy atom. The molecule has 232 valence electrons. The number of carbonyl (C=O) groups is 1. The summed E-state index contributed by atoms with van der Waals surface area (Å²) in [6.07, 6.45) is 4.12. The Hall–Kier alpha value is -3.04. The fourth-order valence-electron chi connectivity index (χ4n) is 5.27. The number of hydrogen-bond acceptors (Lipinski definition) is 6. The van der Waals surface area contributed by atoms with E-state index in [1.54, 1.807) is 6.92 Å².